The zero-order chi connectivity index (χ0) is 16.5. The van der Waals surface area contributed by atoms with Crippen molar-refractivity contribution in [2.24, 2.45) is 0 Å². The fourth-order valence-electron chi connectivity index (χ4n) is 2.62. The standard InChI is InChI=1S/C17H28N4O2/c1-3-5-21(6-4-2)15-13-16(18)19-17(14-15)23-12-9-20-7-10-22-11-8-20/h3,13-14H,1,4-12H2,2H3,(H2,18,19). The number of nitrogens with zero attached hydrogens (tertiary/aromatic N) is 3. The van der Waals surface area contributed by atoms with Gasteiger partial charge in [0.25, 0.3) is 0 Å². The Morgan fingerprint density at radius 1 is 1.43 bits per heavy atom. The van der Waals surface area contributed by atoms with Crippen molar-refractivity contribution >= 4 is 11.5 Å². The van der Waals surface area contributed by atoms with Gasteiger partial charge < -0.3 is 20.1 Å². The van der Waals surface area contributed by atoms with Gasteiger partial charge in [-0.15, -0.1) is 6.58 Å². The molecule has 0 spiro atoms. The van der Waals surface area contributed by atoms with Gasteiger partial charge in [0.15, 0.2) is 0 Å². The molecule has 0 unspecified atom stereocenters. The molecule has 0 radical (unpaired) electrons. The van der Waals surface area contributed by atoms with Gasteiger partial charge >= 0.3 is 0 Å². The number of nitrogen functional groups attached to an aromatic ring is 1. The van der Waals surface area contributed by atoms with Gasteiger partial charge in [-0.05, 0) is 6.42 Å². The van der Waals surface area contributed by atoms with Crippen molar-refractivity contribution < 1.29 is 9.47 Å². The average Bonchev–Trinajstić information content (AvgIpc) is 2.55. The van der Waals surface area contributed by atoms with E-state index in [0.717, 1.165) is 58.0 Å². The van der Waals surface area contributed by atoms with Gasteiger partial charge in [-0.3, -0.25) is 4.90 Å². The Bertz CT molecular complexity index is 489. The summed E-state index contributed by atoms with van der Waals surface area (Å²) in [5.41, 5.74) is 6.96. The molecule has 1 saturated heterocycles. The molecule has 0 aromatic carbocycles. The quantitative estimate of drug-likeness (QED) is 0.700. The highest BCUT2D eigenvalue weighted by Crippen LogP contribution is 2.22. The number of aromatic nitrogens is 1. The van der Waals surface area contributed by atoms with Crippen LogP contribution in [0, 0.1) is 0 Å². The summed E-state index contributed by atoms with van der Waals surface area (Å²) in [4.78, 5) is 8.83. The van der Waals surface area contributed by atoms with Gasteiger partial charge in [-0.25, -0.2) is 0 Å². The second-order valence-electron chi connectivity index (χ2n) is 5.63. The summed E-state index contributed by atoms with van der Waals surface area (Å²) in [5, 5.41) is 0. The second-order valence-corrected chi connectivity index (χ2v) is 5.63. The molecule has 6 nitrogen and oxygen atoms in total. The van der Waals surface area contributed by atoms with Crippen LogP contribution < -0.4 is 15.4 Å². The highest BCUT2D eigenvalue weighted by molar-refractivity contribution is 5.55. The highest BCUT2D eigenvalue weighted by atomic mass is 16.5. The summed E-state index contributed by atoms with van der Waals surface area (Å²) < 4.78 is 11.2. The fourth-order valence-corrected chi connectivity index (χ4v) is 2.62. The third kappa shape index (κ3) is 5.73. The molecular formula is C17H28N4O2. The van der Waals surface area contributed by atoms with Gasteiger partial charge in [0, 0.05) is 50.5 Å². The summed E-state index contributed by atoms with van der Waals surface area (Å²) in [5.74, 6) is 1.06. The lowest BCUT2D eigenvalue weighted by atomic mass is 10.3. The summed E-state index contributed by atoms with van der Waals surface area (Å²) in [6, 6.07) is 3.84. The zero-order valence-electron chi connectivity index (χ0n) is 14.0. The van der Waals surface area contributed by atoms with Crippen molar-refractivity contribution in [3.05, 3.63) is 24.8 Å². The van der Waals surface area contributed by atoms with E-state index in [2.05, 4.69) is 28.3 Å². The van der Waals surface area contributed by atoms with Crippen LogP contribution in [0.1, 0.15) is 13.3 Å². The lowest BCUT2D eigenvalue weighted by Crippen LogP contribution is -2.38. The molecule has 0 atom stereocenters. The average molecular weight is 320 g/mol. The first-order valence-corrected chi connectivity index (χ1v) is 8.29. The number of hydrogen-bond acceptors (Lipinski definition) is 6. The van der Waals surface area contributed by atoms with Crippen LogP contribution in [0.2, 0.25) is 0 Å². The van der Waals surface area contributed by atoms with Crippen LogP contribution in [-0.4, -0.2) is 62.4 Å². The number of anilines is 2. The molecule has 0 bridgehead atoms. The molecule has 1 aromatic rings. The molecule has 6 heteroatoms. The van der Waals surface area contributed by atoms with E-state index in [0.29, 0.717) is 18.3 Å². The molecular weight excluding hydrogens is 292 g/mol. The normalized spacial score (nSPS) is 15.3. The van der Waals surface area contributed by atoms with Crippen molar-refractivity contribution in [1.29, 1.82) is 0 Å². The van der Waals surface area contributed by atoms with Crippen molar-refractivity contribution in [3.8, 4) is 5.88 Å². The van der Waals surface area contributed by atoms with E-state index in [1.165, 1.54) is 0 Å². The maximum absolute atomic E-state index is 5.93. The Labute approximate surface area is 138 Å². The minimum Gasteiger partial charge on any atom is -0.476 e. The van der Waals surface area contributed by atoms with Crippen LogP contribution in [0.4, 0.5) is 11.5 Å². The Morgan fingerprint density at radius 3 is 2.91 bits per heavy atom. The van der Waals surface area contributed by atoms with Crippen LogP contribution in [0.3, 0.4) is 0 Å². The Hall–Kier alpha value is -1.79. The predicted molar refractivity (Wildman–Crippen MR) is 94.1 cm³/mol. The maximum Gasteiger partial charge on any atom is 0.217 e. The molecule has 1 aliphatic rings. The van der Waals surface area contributed by atoms with Gasteiger partial charge in [0.05, 0.1) is 13.2 Å². The van der Waals surface area contributed by atoms with Crippen molar-refractivity contribution in [3.63, 3.8) is 0 Å². The number of hydrogen-bond donors (Lipinski definition) is 1. The number of pyridine rings is 1. The van der Waals surface area contributed by atoms with E-state index in [4.69, 9.17) is 15.2 Å². The zero-order valence-corrected chi connectivity index (χ0v) is 14.0. The summed E-state index contributed by atoms with van der Waals surface area (Å²) in [6.07, 6.45) is 2.95. The van der Waals surface area contributed by atoms with Crippen LogP contribution in [0.15, 0.2) is 24.8 Å². The maximum atomic E-state index is 5.93. The number of ether oxygens (including phenoxy) is 2. The topological polar surface area (TPSA) is 63.8 Å². The number of rotatable bonds is 9. The SMILES string of the molecule is C=CCN(CCC)c1cc(N)nc(OCCN2CCOCC2)c1. The smallest absolute Gasteiger partial charge is 0.217 e. The van der Waals surface area contributed by atoms with E-state index < -0.39 is 0 Å². The predicted octanol–water partition coefficient (Wildman–Crippen LogP) is 1.78. The minimum absolute atomic E-state index is 0.481. The van der Waals surface area contributed by atoms with Crippen LogP contribution in [0.25, 0.3) is 0 Å². The van der Waals surface area contributed by atoms with Gasteiger partial charge in [-0.2, -0.15) is 4.98 Å². The number of nitrogens with two attached hydrogens (primary N) is 1. The van der Waals surface area contributed by atoms with E-state index in [-0.39, 0.29) is 0 Å². The Morgan fingerprint density at radius 2 is 2.22 bits per heavy atom. The molecule has 128 valence electrons. The molecule has 2 heterocycles. The summed E-state index contributed by atoms with van der Waals surface area (Å²) in [7, 11) is 0. The molecule has 1 fully saturated rings. The van der Waals surface area contributed by atoms with Crippen LogP contribution in [0.5, 0.6) is 5.88 Å². The highest BCUT2D eigenvalue weighted by Gasteiger charge is 2.11. The molecule has 1 aromatic heterocycles. The van der Waals surface area contributed by atoms with E-state index >= 15 is 0 Å². The minimum atomic E-state index is 0.481. The lowest BCUT2D eigenvalue weighted by Gasteiger charge is -2.26. The van der Waals surface area contributed by atoms with Crippen LogP contribution in [-0.2, 0) is 4.74 Å². The molecule has 0 amide bonds. The van der Waals surface area contributed by atoms with Crippen molar-refractivity contribution in [1.82, 2.24) is 9.88 Å². The van der Waals surface area contributed by atoms with E-state index in [1.54, 1.807) is 0 Å². The molecule has 23 heavy (non-hydrogen) atoms. The van der Waals surface area contributed by atoms with Gasteiger partial charge in [0.1, 0.15) is 12.4 Å². The lowest BCUT2D eigenvalue weighted by molar-refractivity contribution is 0.0320. The monoisotopic (exact) mass is 320 g/mol. The first-order valence-electron chi connectivity index (χ1n) is 8.29. The molecule has 0 saturated carbocycles. The molecule has 0 aliphatic carbocycles. The van der Waals surface area contributed by atoms with E-state index in [1.807, 2.05) is 18.2 Å². The molecule has 2 rings (SSSR count). The Kier molecular flexibility index (Phi) is 7.16. The third-order valence-electron chi connectivity index (χ3n) is 3.78. The second kappa shape index (κ2) is 9.37. The fraction of sp³-hybridized carbons (Fsp3) is 0.588. The molecule has 2 N–H and O–H groups in total. The van der Waals surface area contributed by atoms with Crippen LogP contribution >= 0.6 is 0 Å². The van der Waals surface area contributed by atoms with Gasteiger partial charge in [0.2, 0.25) is 5.88 Å². The first-order chi connectivity index (χ1) is 11.2. The van der Waals surface area contributed by atoms with Crippen molar-refractivity contribution in [2.45, 2.75) is 13.3 Å². The summed E-state index contributed by atoms with van der Waals surface area (Å²) >= 11 is 0. The largest absolute Gasteiger partial charge is 0.476 e. The Balaban J connectivity index is 1.94. The third-order valence-corrected chi connectivity index (χ3v) is 3.78. The van der Waals surface area contributed by atoms with Crippen molar-refractivity contribution in [2.75, 3.05) is 63.2 Å². The summed E-state index contributed by atoms with van der Waals surface area (Å²) in [6.45, 7) is 12.7. The first kappa shape index (κ1) is 17.6. The number of morpholine rings is 1. The van der Waals surface area contributed by atoms with Gasteiger partial charge in [-0.1, -0.05) is 13.0 Å². The molecule has 1 aliphatic heterocycles. The van der Waals surface area contributed by atoms with E-state index in [9.17, 15) is 0 Å².